The highest BCUT2D eigenvalue weighted by Crippen LogP contribution is 2.41. The number of hydrogen-bond acceptors (Lipinski definition) is 1. The first-order chi connectivity index (χ1) is 9.86. The Kier molecular flexibility index (Phi) is 4.77. The second-order valence-corrected chi connectivity index (χ2v) is 6.89. The van der Waals surface area contributed by atoms with Crippen molar-refractivity contribution in [3.05, 3.63) is 35.9 Å². The van der Waals surface area contributed by atoms with Crippen molar-refractivity contribution in [2.45, 2.75) is 76.3 Å². The van der Waals surface area contributed by atoms with Crippen LogP contribution in [0, 0.1) is 5.92 Å². The summed E-state index contributed by atoms with van der Waals surface area (Å²) in [6, 6.07) is 12.6. The van der Waals surface area contributed by atoms with E-state index in [1.165, 1.54) is 56.9 Å². The van der Waals surface area contributed by atoms with Crippen molar-refractivity contribution in [1.82, 2.24) is 5.32 Å². The Labute approximate surface area is 124 Å². The fourth-order valence-electron chi connectivity index (χ4n) is 3.99. The Morgan fingerprint density at radius 2 is 1.90 bits per heavy atom. The van der Waals surface area contributed by atoms with E-state index >= 15 is 0 Å². The third-order valence-electron chi connectivity index (χ3n) is 5.25. The van der Waals surface area contributed by atoms with Crippen LogP contribution in [0.5, 0.6) is 0 Å². The first-order valence-corrected chi connectivity index (χ1v) is 8.67. The van der Waals surface area contributed by atoms with Gasteiger partial charge in [0.25, 0.3) is 0 Å². The summed E-state index contributed by atoms with van der Waals surface area (Å²) in [4.78, 5) is 0. The molecule has 4 unspecified atom stereocenters. The van der Waals surface area contributed by atoms with Crippen molar-refractivity contribution >= 4 is 0 Å². The molecular formula is C19H29N. The van der Waals surface area contributed by atoms with Gasteiger partial charge in [0.1, 0.15) is 0 Å². The van der Waals surface area contributed by atoms with Gasteiger partial charge in [0.05, 0.1) is 0 Å². The summed E-state index contributed by atoms with van der Waals surface area (Å²) in [6.07, 6.45) is 11.3. The molecule has 1 aromatic carbocycles. The molecule has 0 radical (unpaired) electrons. The first kappa shape index (κ1) is 14.1. The summed E-state index contributed by atoms with van der Waals surface area (Å²) < 4.78 is 0. The molecule has 0 aliphatic heterocycles. The smallest absolute Gasteiger partial charge is 0.0145 e. The van der Waals surface area contributed by atoms with Crippen LogP contribution in [0.25, 0.3) is 0 Å². The van der Waals surface area contributed by atoms with E-state index in [4.69, 9.17) is 0 Å². The van der Waals surface area contributed by atoms with Gasteiger partial charge in [-0.15, -0.1) is 0 Å². The normalized spacial score (nSPS) is 33.6. The van der Waals surface area contributed by atoms with Gasteiger partial charge >= 0.3 is 0 Å². The predicted octanol–water partition coefficient (Wildman–Crippen LogP) is 4.88. The minimum absolute atomic E-state index is 0.755. The van der Waals surface area contributed by atoms with Crippen LogP contribution >= 0.6 is 0 Å². The van der Waals surface area contributed by atoms with Gasteiger partial charge in [-0.1, -0.05) is 62.9 Å². The van der Waals surface area contributed by atoms with Gasteiger partial charge in [0, 0.05) is 18.0 Å². The Bertz CT molecular complexity index is 399. The topological polar surface area (TPSA) is 12.0 Å². The van der Waals surface area contributed by atoms with Gasteiger partial charge in [-0.25, -0.2) is 0 Å². The van der Waals surface area contributed by atoms with E-state index in [-0.39, 0.29) is 0 Å². The number of nitrogens with one attached hydrogen (secondary N) is 1. The average molecular weight is 271 g/mol. The summed E-state index contributed by atoms with van der Waals surface area (Å²) >= 11 is 0. The molecule has 1 N–H and O–H groups in total. The quantitative estimate of drug-likeness (QED) is 0.753. The Balaban J connectivity index is 1.46. The van der Waals surface area contributed by atoms with Crippen LogP contribution < -0.4 is 5.32 Å². The highest BCUT2D eigenvalue weighted by molar-refractivity contribution is 5.27. The lowest BCUT2D eigenvalue weighted by molar-refractivity contribution is 0.408. The standard InChI is InChI=1S/C19H29N/c1-2-7-15-8-6-11-17(13-12-15)20-19-14-18(19)16-9-4-3-5-10-16/h3-5,9-10,15,17-20H,2,6-8,11-14H2,1H3. The van der Waals surface area contributed by atoms with Gasteiger partial charge < -0.3 is 5.32 Å². The van der Waals surface area contributed by atoms with Crippen LogP contribution in [0.15, 0.2) is 30.3 Å². The molecule has 3 rings (SSSR count). The van der Waals surface area contributed by atoms with E-state index in [2.05, 4.69) is 42.6 Å². The second-order valence-electron chi connectivity index (χ2n) is 6.89. The molecule has 0 heterocycles. The molecule has 0 amide bonds. The third kappa shape index (κ3) is 3.63. The monoisotopic (exact) mass is 271 g/mol. The molecule has 0 bridgehead atoms. The van der Waals surface area contributed by atoms with E-state index in [0.29, 0.717) is 0 Å². The summed E-state index contributed by atoms with van der Waals surface area (Å²) in [7, 11) is 0. The second kappa shape index (κ2) is 6.76. The molecule has 2 aliphatic rings. The summed E-state index contributed by atoms with van der Waals surface area (Å²) in [5.41, 5.74) is 1.53. The molecule has 20 heavy (non-hydrogen) atoms. The number of benzene rings is 1. The molecule has 2 fully saturated rings. The first-order valence-electron chi connectivity index (χ1n) is 8.67. The van der Waals surface area contributed by atoms with Gasteiger partial charge in [0.15, 0.2) is 0 Å². The molecule has 0 saturated heterocycles. The molecule has 1 aromatic rings. The molecule has 2 aliphatic carbocycles. The number of hydrogen-bond donors (Lipinski definition) is 1. The lowest BCUT2D eigenvalue weighted by Gasteiger charge is -2.17. The molecule has 2 saturated carbocycles. The largest absolute Gasteiger partial charge is 0.311 e. The van der Waals surface area contributed by atoms with Crippen LogP contribution in [0.4, 0.5) is 0 Å². The summed E-state index contributed by atoms with van der Waals surface area (Å²) in [5.74, 6) is 1.79. The van der Waals surface area contributed by atoms with Crippen LogP contribution in [0.3, 0.4) is 0 Å². The van der Waals surface area contributed by atoms with Crippen LogP contribution in [0.1, 0.15) is 69.8 Å². The van der Waals surface area contributed by atoms with Crippen molar-refractivity contribution in [3.63, 3.8) is 0 Å². The van der Waals surface area contributed by atoms with Crippen molar-refractivity contribution < 1.29 is 0 Å². The van der Waals surface area contributed by atoms with Crippen LogP contribution in [0.2, 0.25) is 0 Å². The lowest BCUT2D eigenvalue weighted by Crippen LogP contribution is -2.31. The van der Waals surface area contributed by atoms with Crippen molar-refractivity contribution in [2.75, 3.05) is 0 Å². The molecular weight excluding hydrogens is 242 g/mol. The summed E-state index contributed by atoms with van der Waals surface area (Å²) in [6.45, 7) is 2.33. The van der Waals surface area contributed by atoms with Gasteiger partial charge in [-0.05, 0) is 37.2 Å². The minimum Gasteiger partial charge on any atom is -0.311 e. The average Bonchev–Trinajstić information content (AvgIpc) is 3.26. The Morgan fingerprint density at radius 1 is 1.05 bits per heavy atom. The fourth-order valence-corrected chi connectivity index (χ4v) is 3.99. The van der Waals surface area contributed by atoms with Crippen molar-refractivity contribution in [2.24, 2.45) is 5.92 Å². The van der Waals surface area contributed by atoms with Crippen LogP contribution in [-0.2, 0) is 0 Å². The molecule has 1 nitrogen and oxygen atoms in total. The molecule has 4 atom stereocenters. The van der Waals surface area contributed by atoms with E-state index in [0.717, 1.165) is 23.9 Å². The molecule has 1 heteroatoms. The van der Waals surface area contributed by atoms with Gasteiger partial charge in [0.2, 0.25) is 0 Å². The fraction of sp³-hybridized carbons (Fsp3) is 0.684. The maximum absolute atomic E-state index is 3.94. The zero-order chi connectivity index (χ0) is 13.8. The van der Waals surface area contributed by atoms with Gasteiger partial charge in [-0.3, -0.25) is 0 Å². The van der Waals surface area contributed by atoms with Crippen LogP contribution in [-0.4, -0.2) is 12.1 Å². The predicted molar refractivity (Wildman–Crippen MR) is 86.0 cm³/mol. The highest BCUT2D eigenvalue weighted by atomic mass is 15.0. The van der Waals surface area contributed by atoms with E-state index in [1.807, 2.05) is 0 Å². The third-order valence-corrected chi connectivity index (χ3v) is 5.25. The van der Waals surface area contributed by atoms with E-state index < -0.39 is 0 Å². The molecule has 110 valence electrons. The summed E-state index contributed by atoms with van der Waals surface area (Å²) in [5, 5.41) is 3.94. The SMILES string of the molecule is CCCC1CCCC(NC2CC2c2ccccc2)CC1. The van der Waals surface area contributed by atoms with E-state index in [1.54, 1.807) is 0 Å². The minimum atomic E-state index is 0.755. The Hall–Kier alpha value is -0.820. The lowest BCUT2D eigenvalue weighted by atomic mass is 9.95. The maximum atomic E-state index is 3.94. The number of rotatable bonds is 5. The molecule has 0 aromatic heterocycles. The zero-order valence-electron chi connectivity index (χ0n) is 12.9. The zero-order valence-corrected chi connectivity index (χ0v) is 12.9. The van der Waals surface area contributed by atoms with Crippen molar-refractivity contribution in [1.29, 1.82) is 0 Å². The molecule has 0 spiro atoms. The van der Waals surface area contributed by atoms with E-state index in [9.17, 15) is 0 Å². The van der Waals surface area contributed by atoms with Crippen molar-refractivity contribution in [3.8, 4) is 0 Å². The Morgan fingerprint density at radius 3 is 2.70 bits per heavy atom. The van der Waals surface area contributed by atoms with Gasteiger partial charge in [-0.2, -0.15) is 0 Å². The maximum Gasteiger partial charge on any atom is 0.0145 e. The highest BCUT2D eigenvalue weighted by Gasteiger charge is 2.39.